The van der Waals surface area contributed by atoms with Crippen LogP contribution in [0.1, 0.15) is 37.7 Å². The smallest absolute Gasteiger partial charge is 0.319 e. The number of pyridine rings is 1. The normalized spacial score (nSPS) is 23.6. The number of ether oxygens (including phenoxy) is 1. The van der Waals surface area contributed by atoms with E-state index in [0.29, 0.717) is 47.4 Å². The van der Waals surface area contributed by atoms with E-state index >= 15 is 0 Å². The van der Waals surface area contributed by atoms with Crippen molar-refractivity contribution in [2.45, 2.75) is 50.7 Å². The summed E-state index contributed by atoms with van der Waals surface area (Å²) >= 11 is 0. The second kappa shape index (κ2) is 9.51. The summed E-state index contributed by atoms with van der Waals surface area (Å²) in [4.78, 5) is 18.9. The first-order chi connectivity index (χ1) is 19.0. The molecule has 1 N–H and O–H groups in total. The Morgan fingerprint density at radius 1 is 1.10 bits per heavy atom. The van der Waals surface area contributed by atoms with Crippen molar-refractivity contribution in [2.24, 2.45) is 0 Å². The molecule has 0 amide bonds. The van der Waals surface area contributed by atoms with Crippen molar-refractivity contribution in [3.8, 4) is 17.3 Å². The maximum Gasteiger partial charge on any atom is 0.319 e. The summed E-state index contributed by atoms with van der Waals surface area (Å²) in [5.41, 5.74) is 2.79. The maximum absolute atomic E-state index is 14.8. The van der Waals surface area contributed by atoms with Crippen LogP contribution in [-0.2, 0) is 0 Å². The van der Waals surface area contributed by atoms with Gasteiger partial charge in [0.25, 0.3) is 0 Å². The number of alkyl halides is 1. The van der Waals surface area contributed by atoms with E-state index in [4.69, 9.17) is 19.7 Å². The maximum atomic E-state index is 14.8. The van der Waals surface area contributed by atoms with Crippen molar-refractivity contribution >= 4 is 27.6 Å². The predicted molar refractivity (Wildman–Crippen MR) is 146 cm³/mol. The highest BCUT2D eigenvalue weighted by atomic mass is 19.1. The van der Waals surface area contributed by atoms with Gasteiger partial charge in [0.05, 0.1) is 33.8 Å². The molecule has 3 aromatic heterocycles. The van der Waals surface area contributed by atoms with Crippen LogP contribution in [0, 0.1) is 12.7 Å². The highest BCUT2D eigenvalue weighted by Gasteiger charge is 2.49. The molecule has 8 nitrogen and oxygen atoms in total. The first kappa shape index (κ1) is 24.4. The number of aromatic nitrogens is 5. The standard InChI is InChI=1S/C29H31F2N7O/c1-18-22(31)11-24-20(15-33-36-24)26(18)25-12-23-21(14-32-25)27(37-8-4-2-3-5-9-37)35-28(34-23)39-17-29-7-6-10-38(29)16-19(30)13-29/h2-3,11-12,14-15,19H,4-10,13,16-17H2,1H3,(H,33,36). The van der Waals surface area contributed by atoms with Gasteiger partial charge in [-0.1, -0.05) is 12.2 Å². The molecule has 0 aliphatic carbocycles. The van der Waals surface area contributed by atoms with Gasteiger partial charge in [0.1, 0.15) is 24.4 Å². The zero-order valence-corrected chi connectivity index (χ0v) is 22.0. The summed E-state index contributed by atoms with van der Waals surface area (Å²) in [6.45, 7) is 5.13. The Labute approximate surface area is 225 Å². The van der Waals surface area contributed by atoms with Crippen LogP contribution in [0.15, 0.2) is 36.7 Å². The van der Waals surface area contributed by atoms with Crippen molar-refractivity contribution in [1.82, 2.24) is 30.0 Å². The van der Waals surface area contributed by atoms with E-state index in [1.165, 1.54) is 6.07 Å². The molecular weight excluding hydrogens is 500 g/mol. The Bertz CT molecular complexity index is 1580. The van der Waals surface area contributed by atoms with Gasteiger partial charge >= 0.3 is 6.01 Å². The number of fused-ring (bicyclic) bond motifs is 3. The minimum atomic E-state index is -0.825. The zero-order valence-electron chi connectivity index (χ0n) is 22.0. The largest absolute Gasteiger partial charge is 0.461 e. The number of H-pyrrole nitrogens is 1. The van der Waals surface area contributed by atoms with Gasteiger partial charge in [0, 0.05) is 43.2 Å². The summed E-state index contributed by atoms with van der Waals surface area (Å²) in [6.07, 6.45) is 11.3. The third-order valence-electron chi connectivity index (χ3n) is 8.57. The lowest BCUT2D eigenvalue weighted by Crippen LogP contribution is -2.43. The van der Waals surface area contributed by atoms with Gasteiger partial charge in [0.15, 0.2) is 0 Å². The lowest BCUT2D eigenvalue weighted by Gasteiger charge is -2.31. The molecule has 202 valence electrons. The van der Waals surface area contributed by atoms with Crippen LogP contribution < -0.4 is 9.64 Å². The lowest BCUT2D eigenvalue weighted by atomic mass is 9.95. The van der Waals surface area contributed by atoms with Gasteiger partial charge in [-0.25, -0.2) is 8.78 Å². The summed E-state index contributed by atoms with van der Waals surface area (Å²) in [7, 11) is 0. The molecule has 0 saturated carbocycles. The van der Waals surface area contributed by atoms with Crippen molar-refractivity contribution < 1.29 is 13.5 Å². The molecule has 3 aliphatic heterocycles. The Balaban J connectivity index is 1.32. The number of hydrogen-bond donors (Lipinski definition) is 1. The first-order valence-electron chi connectivity index (χ1n) is 13.7. The van der Waals surface area contributed by atoms with Crippen molar-refractivity contribution in [3.63, 3.8) is 0 Å². The summed E-state index contributed by atoms with van der Waals surface area (Å²) in [5, 5.41) is 8.59. The van der Waals surface area contributed by atoms with Crippen LogP contribution in [0.5, 0.6) is 6.01 Å². The molecule has 10 heteroatoms. The van der Waals surface area contributed by atoms with Crippen LogP contribution in [0.4, 0.5) is 14.6 Å². The van der Waals surface area contributed by atoms with Gasteiger partial charge in [-0.15, -0.1) is 0 Å². The third kappa shape index (κ3) is 4.21. The van der Waals surface area contributed by atoms with Gasteiger partial charge in [0.2, 0.25) is 0 Å². The van der Waals surface area contributed by atoms with Crippen LogP contribution in [-0.4, -0.2) is 74.5 Å². The van der Waals surface area contributed by atoms with Crippen molar-refractivity contribution in [1.29, 1.82) is 0 Å². The quantitative estimate of drug-likeness (QED) is 0.358. The Hall–Kier alpha value is -3.66. The second-order valence-electron chi connectivity index (χ2n) is 11.0. The van der Waals surface area contributed by atoms with Crippen LogP contribution >= 0.6 is 0 Å². The number of rotatable bonds is 5. The van der Waals surface area contributed by atoms with Gasteiger partial charge in [-0.05, 0) is 56.8 Å². The van der Waals surface area contributed by atoms with E-state index in [9.17, 15) is 8.78 Å². The molecule has 2 saturated heterocycles. The second-order valence-corrected chi connectivity index (χ2v) is 11.0. The molecule has 7 rings (SSSR count). The monoisotopic (exact) mass is 531 g/mol. The van der Waals surface area contributed by atoms with E-state index in [1.54, 1.807) is 19.3 Å². The third-order valence-corrected chi connectivity index (χ3v) is 8.57. The molecular formula is C29H31F2N7O. The number of aromatic amines is 1. The summed E-state index contributed by atoms with van der Waals surface area (Å²) in [5.74, 6) is 0.453. The first-order valence-corrected chi connectivity index (χ1v) is 13.7. The van der Waals surface area contributed by atoms with Gasteiger partial charge < -0.3 is 9.64 Å². The van der Waals surface area contributed by atoms with Crippen LogP contribution in [0.3, 0.4) is 0 Å². The molecule has 0 spiro atoms. The fourth-order valence-electron chi connectivity index (χ4n) is 6.59. The number of anilines is 1. The molecule has 3 aliphatic rings. The zero-order chi connectivity index (χ0) is 26.6. The Morgan fingerprint density at radius 2 is 1.95 bits per heavy atom. The molecule has 0 bridgehead atoms. The van der Waals surface area contributed by atoms with E-state index in [2.05, 4.69) is 32.1 Å². The highest BCUT2D eigenvalue weighted by Crippen LogP contribution is 2.41. The fourth-order valence-corrected chi connectivity index (χ4v) is 6.59. The molecule has 0 radical (unpaired) electrons. The molecule has 39 heavy (non-hydrogen) atoms. The average molecular weight is 532 g/mol. The Kier molecular flexibility index (Phi) is 5.95. The van der Waals surface area contributed by atoms with Crippen molar-refractivity contribution in [3.05, 3.63) is 48.1 Å². The van der Waals surface area contributed by atoms with Gasteiger partial charge in [-0.3, -0.25) is 15.0 Å². The molecule has 1 aromatic carbocycles. The van der Waals surface area contributed by atoms with E-state index in [1.807, 2.05) is 6.07 Å². The fraction of sp³-hybridized carbons (Fsp3) is 0.448. The molecule has 4 aromatic rings. The van der Waals surface area contributed by atoms with E-state index < -0.39 is 6.17 Å². The Morgan fingerprint density at radius 3 is 2.79 bits per heavy atom. The minimum Gasteiger partial charge on any atom is -0.461 e. The van der Waals surface area contributed by atoms with Crippen LogP contribution in [0.2, 0.25) is 0 Å². The SMILES string of the molecule is Cc1c(F)cc2[nH]ncc2c1-c1cc2nc(OCC34CCCN3CC(F)C4)nc(N3CCC=CCC3)c2cn1. The molecule has 2 fully saturated rings. The van der Waals surface area contributed by atoms with E-state index in [0.717, 1.165) is 61.9 Å². The number of nitrogens with zero attached hydrogens (tertiary/aromatic N) is 6. The number of benzene rings is 1. The number of halogens is 2. The molecule has 2 unspecified atom stereocenters. The number of hydrogen-bond acceptors (Lipinski definition) is 7. The summed E-state index contributed by atoms with van der Waals surface area (Å²) in [6, 6.07) is 3.61. The predicted octanol–water partition coefficient (Wildman–Crippen LogP) is 5.13. The topological polar surface area (TPSA) is 83.1 Å². The lowest BCUT2D eigenvalue weighted by molar-refractivity contribution is 0.107. The number of nitrogens with one attached hydrogen (secondary N) is 1. The van der Waals surface area contributed by atoms with Crippen molar-refractivity contribution in [2.75, 3.05) is 37.7 Å². The molecule has 2 atom stereocenters. The van der Waals surface area contributed by atoms with Crippen LogP contribution in [0.25, 0.3) is 33.1 Å². The van der Waals surface area contributed by atoms with E-state index in [-0.39, 0.29) is 17.4 Å². The summed E-state index contributed by atoms with van der Waals surface area (Å²) < 4.78 is 35.4. The highest BCUT2D eigenvalue weighted by molar-refractivity contribution is 5.98. The molecule has 6 heterocycles. The van der Waals surface area contributed by atoms with Gasteiger partial charge in [-0.2, -0.15) is 15.1 Å². The average Bonchev–Trinajstić information content (AvgIpc) is 3.54. The minimum absolute atomic E-state index is 0.278.